The van der Waals surface area contributed by atoms with Gasteiger partial charge in [0.2, 0.25) is 0 Å². The Labute approximate surface area is 236 Å². The Kier molecular flexibility index (Phi) is 16.1. The second-order valence-corrected chi connectivity index (χ2v) is 13.4. The van der Waals surface area contributed by atoms with Crippen molar-refractivity contribution in [3.8, 4) is 0 Å². The molecule has 3 aromatic rings. The zero-order valence-electron chi connectivity index (χ0n) is 21.7. The van der Waals surface area contributed by atoms with Gasteiger partial charge in [-0.3, -0.25) is 0 Å². The number of allylic oxidation sites excluding steroid dienone is 2. The first kappa shape index (κ1) is 30.8. The summed E-state index contributed by atoms with van der Waals surface area (Å²) in [5, 5.41) is 4.39. The summed E-state index contributed by atoms with van der Waals surface area (Å²) in [7, 11) is -1.73. The Hall–Kier alpha value is -1.40. The quantitative estimate of drug-likeness (QED) is 0.0781. The van der Waals surface area contributed by atoms with Gasteiger partial charge in [0.15, 0.2) is 0 Å². The lowest BCUT2D eigenvalue weighted by molar-refractivity contribution is -0.00000698. The summed E-state index contributed by atoms with van der Waals surface area (Å²) in [6.45, 7) is 0. The maximum Gasteiger partial charge on any atom is 0.115 e. The fraction of sp³-hybridized carbons (Fsp3) is 0.394. The molecule has 3 heteroatoms. The van der Waals surface area contributed by atoms with Crippen LogP contribution in [0.15, 0.2) is 103 Å². The molecule has 0 saturated heterocycles. The van der Waals surface area contributed by atoms with E-state index in [9.17, 15) is 0 Å². The van der Waals surface area contributed by atoms with Crippen LogP contribution >= 0.6 is 18.9 Å². The van der Waals surface area contributed by atoms with E-state index in [1.54, 1.807) is 0 Å². The zero-order valence-corrected chi connectivity index (χ0v) is 24.9. The molecule has 0 nitrogen and oxygen atoms in total. The number of benzene rings is 3. The van der Waals surface area contributed by atoms with Crippen molar-refractivity contribution < 1.29 is 17.0 Å². The Morgan fingerprint density at radius 1 is 0.472 bits per heavy atom. The third-order valence-corrected chi connectivity index (χ3v) is 11.5. The lowest BCUT2D eigenvalue weighted by Gasteiger charge is -2.26. The van der Waals surface area contributed by atoms with Crippen molar-refractivity contribution in [2.24, 2.45) is 0 Å². The fourth-order valence-corrected chi connectivity index (χ4v) is 9.16. The Bertz CT molecular complexity index is 847. The maximum atomic E-state index is 5.75. The van der Waals surface area contributed by atoms with Gasteiger partial charge >= 0.3 is 0 Å². The Morgan fingerprint density at radius 3 is 1.22 bits per heavy atom. The molecule has 0 aliphatic carbocycles. The van der Waals surface area contributed by atoms with Gasteiger partial charge in [0.1, 0.15) is 23.2 Å². The number of unbranched alkanes of at least 4 members (excludes halogenated alkanes) is 10. The average Bonchev–Trinajstić information content (AvgIpc) is 2.93. The third kappa shape index (κ3) is 9.81. The molecule has 0 atom stereocenters. The first-order chi connectivity index (χ1) is 17.4. The maximum absolute atomic E-state index is 5.75. The summed E-state index contributed by atoms with van der Waals surface area (Å²) in [4.78, 5) is 0. The van der Waals surface area contributed by atoms with E-state index >= 15 is 0 Å². The summed E-state index contributed by atoms with van der Waals surface area (Å²) < 4.78 is 0. The smallest absolute Gasteiger partial charge is 0.115 e. The van der Waals surface area contributed by atoms with Gasteiger partial charge in [-0.1, -0.05) is 118 Å². The van der Waals surface area contributed by atoms with Gasteiger partial charge in [0.25, 0.3) is 0 Å². The predicted molar refractivity (Wildman–Crippen MR) is 161 cm³/mol. The topological polar surface area (TPSA) is 0 Å². The minimum absolute atomic E-state index is 0. The van der Waals surface area contributed by atoms with Gasteiger partial charge in [-0.05, 0) is 55.7 Å². The van der Waals surface area contributed by atoms with Crippen LogP contribution in [-0.4, -0.2) is 12.0 Å². The van der Waals surface area contributed by atoms with Crippen molar-refractivity contribution in [3.63, 3.8) is 0 Å². The predicted octanol–water partition coefficient (Wildman–Crippen LogP) is 6.07. The highest BCUT2D eigenvalue weighted by Gasteiger charge is 2.43. The number of halogens is 2. The number of rotatable bonds is 17. The lowest BCUT2D eigenvalue weighted by atomic mass is 10.1. The molecule has 0 aliphatic heterocycles. The van der Waals surface area contributed by atoms with E-state index in [0.717, 1.165) is 12.0 Å². The molecule has 0 spiro atoms. The van der Waals surface area contributed by atoms with Gasteiger partial charge in [0.05, 0.1) is 6.16 Å². The van der Waals surface area contributed by atoms with Crippen LogP contribution in [-0.2, 0) is 0 Å². The van der Waals surface area contributed by atoms with Crippen LogP contribution in [0.25, 0.3) is 0 Å². The first-order valence-electron chi connectivity index (χ1n) is 13.6. The van der Waals surface area contributed by atoms with Crippen molar-refractivity contribution >= 4 is 34.8 Å². The Balaban J connectivity index is 0.00000456. The van der Waals surface area contributed by atoms with Gasteiger partial charge in [-0.25, -0.2) is 0 Å². The zero-order chi connectivity index (χ0) is 24.4. The third-order valence-electron chi connectivity index (χ3n) is 6.89. The molecule has 194 valence electrons. The van der Waals surface area contributed by atoms with Crippen molar-refractivity contribution in [3.05, 3.63) is 103 Å². The van der Waals surface area contributed by atoms with Gasteiger partial charge < -0.3 is 17.0 Å². The molecule has 36 heavy (non-hydrogen) atoms. The summed E-state index contributed by atoms with van der Waals surface area (Å²) in [6.07, 6.45) is 20.6. The molecule has 0 amide bonds. The van der Waals surface area contributed by atoms with E-state index in [0.29, 0.717) is 0 Å². The molecular formula is C33H43BrClP. The van der Waals surface area contributed by atoms with Crippen LogP contribution in [0.4, 0.5) is 0 Å². The summed E-state index contributed by atoms with van der Waals surface area (Å²) in [6, 6.07) is 33.6. The van der Waals surface area contributed by atoms with Crippen molar-refractivity contribution in [2.45, 2.75) is 70.6 Å². The van der Waals surface area contributed by atoms with E-state index in [4.69, 9.17) is 11.6 Å². The second kappa shape index (κ2) is 18.8. The van der Waals surface area contributed by atoms with Crippen LogP contribution in [0, 0.1) is 0 Å². The fourth-order valence-electron chi connectivity index (χ4n) is 4.93. The molecule has 0 unspecified atom stereocenters. The first-order valence-corrected chi connectivity index (χ1v) is 16.1. The molecular weight excluding hydrogens is 543 g/mol. The highest BCUT2D eigenvalue weighted by molar-refractivity contribution is 7.95. The molecule has 0 aromatic heterocycles. The monoisotopic (exact) mass is 584 g/mol. The molecule has 3 rings (SSSR count). The van der Waals surface area contributed by atoms with E-state index in [1.807, 2.05) is 0 Å². The van der Waals surface area contributed by atoms with Gasteiger partial charge in [-0.2, -0.15) is 0 Å². The van der Waals surface area contributed by atoms with Crippen molar-refractivity contribution in [1.29, 1.82) is 0 Å². The van der Waals surface area contributed by atoms with E-state index in [-0.39, 0.29) is 17.0 Å². The second-order valence-electron chi connectivity index (χ2n) is 9.48. The van der Waals surface area contributed by atoms with Crippen molar-refractivity contribution in [1.82, 2.24) is 0 Å². The van der Waals surface area contributed by atoms with E-state index in [2.05, 4.69) is 103 Å². The minimum atomic E-state index is -1.73. The summed E-state index contributed by atoms with van der Waals surface area (Å²) >= 11 is 5.75. The molecule has 0 bridgehead atoms. The van der Waals surface area contributed by atoms with Crippen LogP contribution in [0.2, 0.25) is 0 Å². The molecule has 0 aliphatic rings. The summed E-state index contributed by atoms with van der Waals surface area (Å²) in [5.41, 5.74) is 0. The standard InChI is InChI=1S/C33H43ClP.BrH/c34-29-21-10-8-6-4-2-1-3-5-7-9-11-22-30-35(31-23-15-12-16-24-31,32-25-17-13-18-26-32)33-27-19-14-20-28-33;/h11-20,22-28H,1-10,21,29-30H2;1H/q+1;/p-1. The Morgan fingerprint density at radius 2 is 0.833 bits per heavy atom. The average molecular weight is 586 g/mol. The van der Waals surface area contributed by atoms with E-state index in [1.165, 1.54) is 86.5 Å². The number of alkyl halides is 1. The molecule has 3 aromatic carbocycles. The van der Waals surface area contributed by atoms with Gasteiger partial charge in [-0.15, -0.1) is 11.6 Å². The van der Waals surface area contributed by atoms with Crippen LogP contribution in [0.5, 0.6) is 0 Å². The lowest BCUT2D eigenvalue weighted by Crippen LogP contribution is -3.00. The SMILES string of the molecule is ClCCCCCCCCCCCCC=CC[P+](c1ccccc1)(c1ccccc1)c1ccccc1.[Br-]. The summed E-state index contributed by atoms with van der Waals surface area (Å²) in [5.74, 6) is 0.821. The normalized spacial score (nSPS) is 11.5. The molecule has 0 N–H and O–H groups in total. The highest BCUT2D eigenvalue weighted by atomic mass is 79.9. The minimum Gasteiger partial charge on any atom is -1.00 e. The van der Waals surface area contributed by atoms with E-state index < -0.39 is 7.26 Å². The number of hydrogen-bond donors (Lipinski definition) is 0. The largest absolute Gasteiger partial charge is 1.00 e. The van der Waals surface area contributed by atoms with Crippen molar-refractivity contribution in [2.75, 3.05) is 12.0 Å². The number of hydrogen-bond acceptors (Lipinski definition) is 0. The van der Waals surface area contributed by atoms with Crippen LogP contribution in [0.1, 0.15) is 70.6 Å². The molecule has 0 fully saturated rings. The molecule has 0 radical (unpaired) electrons. The molecule has 0 heterocycles. The van der Waals surface area contributed by atoms with Crippen LogP contribution < -0.4 is 32.9 Å². The molecule has 0 saturated carbocycles. The highest BCUT2D eigenvalue weighted by Crippen LogP contribution is 2.55. The van der Waals surface area contributed by atoms with Crippen LogP contribution in [0.3, 0.4) is 0 Å². The van der Waals surface area contributed by atoms with Gasteiger partial charge in [0, 0.05) is 5.88 Å².